The summed E-state index contributed by atoms with van der Waals surface area (Å²) in [6, 6.07) is 8.49. The molecule has 1 heterocycles. The SMILES string of the molecule is CCCC/C=C/CCCCCCCCCCc1ccccc1OCC1CO1. The van der Waals surface area contributed by atoms with Crippen molar-refractivity contribution in [2.45, 2.75) is 96.5 Å². The van der Waals surface area contributed by atoms with Crippen molar-refractivity contribution >= 4 is 0 Å². The van der Waals surface area contributed by atoms with Crippen LogP contribution in [0.3, 0.4) is 0 Å². The number of aryl methyl sites for hydroxylation is 1. The Hall–Kier alpha value is -1.28. The summed E-state index contributed by atoms with van der Waals surface area (Å²) in [5.41, 5.74) is 1.35. The Labute approximate surface area is 167 Å². The van der Waals surface area contributed by atoms with Crippen molar-refractivity contribution in [3.05, 3.63) is 42.0 Å². The molecule has 0 radical (unpaired) electrons. The topological polar surface area (TPSA) is 21.8 Å². The average molecular weight is 373 g/mol. The Morgan fingerprint density at radius 2 is 1.52 bits per heavy atom. The van der Waals surface area contributed by atoms with Gasteiger partial charge >= 0.3 is 0 Å². The highest BCUT2D eigenvalue weighted by atomic mass is 16.6. The van der Waals surface area contributed by atoms with E-state index in [1.54, 1.807) is 0 Å². The van der Waals surface area contributed by atoms with Gasteiger partial charge in [-0.2, -0.15) is 0 Å². The molecule has 0 aliphatic carbocycles. The molecule has 2 rings (SSSR count). The molecule has 1 aliphatic heterocycles. The number of unbranched alkanes of at least 4 members (excludes halogenated alkanes) is 10. The van der Waals surface area contributed by atoms with Crippen LogP contribution in [0.1, 0.15) is 89.5 Å². The number of hydrogen-bond acceptors (Lipinski definition) is 2. The van der Waals surface area contributed by atoms with Gasteiger partial charge in [-0.05, 0) is 43.7 Å². The third-order valence-electron chi connectivity index (χ3n) is 5.26. The lowest BCUT2D eigenvalue weighted by Gasteiger charge is -2.10. The first kappa shape index (κ1) is 22.0. The highest BCUT2D eigenvalue weighted by molar-refractivity contribution is 5.33. The van der Waals surface area contributed by atoms with E-state index in [4.69, 9.17) is 9.47 Å². The summed E-state index contributed by atoms with van der Waals surface area (Å²) < 4.78 is 11.1. The number of hydrogen-bond donors (Lipinski definition) is 0. The number of benzene rings is 1. The minimum absolute atomic E-state index is 0.329. The molecule has 1 fully saturated rings. The molecule has 1 aromatic carbocycles. The van der Waals surface area contributed by atoms with E-state index < -0.39 is 0 Å². The largest absolute Gasteiger partial charge is 0.491 e. The Balaban J connectivity index is 1.41. The summed E-state index contributed by atoms with van der Waals surface area (Å²) in [4.78, 5) is 0. The molecule has 1 unspecified atom stereocenters. The first-order valence-corrected chi connectivity index (χ1v) is 11.4. The van der Waals surface area contributed by atoms with Crippen LogP contribution in [0.4, 0.5) is 0 Å². The second-order valence-corrected chi connectivity index (χ2v) is 7.85. The van der Waals surface area contributed by atoms with Crippen molar-refractivity contribution < 1.29 is 9.47 Å². The van der Waals surface area contributed by atoms with Gasteiger partial charge in [-0.1, -0.05) is 88.6 Å². The number of epoxide rings is 1. The standard InChI is InChI=1S/C25H40O2/c1-2-3-4-5-6-7-8-9-10-11-12-13-14-15-18-23-19-16-17-20-25(23)27-22-24-21-26-24/h5-6,16-17,19-20,24H,2-4,7-15,18,21-22H2,1H3/b6-5+. The van der Waals surface area contributed by atoms with Crippen molar-refractivity contribution in [3.63, 3.8) is 0 Å². The second kappa shape index (κ2) is 14.7. The lowest BCUT2D eigenvalue weighted by atomic mass is 10.0. The van der Waals surface area contributed by atoms with E-state index >= 15 is 0 Å². The van der Waals surface area contributed by atoms with Gasteiger partial charge in [0.25, 0.3) is 0 Å². The van der Waals surface area contributed by atoms with Crippen LogP contribution >= 0.6 is 0 Å². The maximum absolute atomic E-state index is 5.90. The van der Waals surface area contributed by atoms with Gasteiger partial charge in [0.2, 0.25) is 0 Å². The zero-order valence-electron chi connectivity index (χ0n) is 17.5. The van der Waals surface area contributed by atoms with Gasteiger partial charge in [-0.15, -0.1) is 0 Å². The van der Waals surface area contributed by atoms with E-state index in [9.17, 15) is 0 Å². The Kier molecular flexibility index (Phi) is 12.0. The first-order chi connectivity index (χ1) is 13.4. The number of ether oxygens (including phenoxy) is 2. The van der Waals surface area contributed by atoms with Crippen molar-refractivity contribution in [1.82, 2.24) is 0 Å². The predicted molar refractivity (Wildman–Crippen MR) is 116 cm³/mol. The van der Waals surface area contributed by atoms with Crippen LogP contribution in [0.2, 0.25) is 0 Å². The summed E-state index contributed by atoms with van der Waals surface area (Å²) >= 11 is 0. The maximum Gasteiger partial charge on any atom is 0.122 e. The van der Waals surface area contributed by atoms with Crippen LogP contribution in [0.25, 0.3) is 0 Å². The minimum atomic E-state index is 0.329. The van der Waals surface area contributed by atoms with Crippen molar-refractivity contribution in [2.24, 2.45) is 0 Å². The average Bonchev–Trinajstić information content (AvgIpc) is 3.52. The molecule has 1 aromatic rings. The minimum Gasteiger partial charge on any atom is -0.491 e. The van der Waals surface area contributed by atoms with E-state index in [0.29, 0.717) is 12.7 Å². The molecule has 1 atom stereocenters. The molecule has 0 amide bonds. The molecule has 1 aliphatic rings. The fourth-order valence-corrected chi connectivity index (χ4v) is 3.39. The summed E-state index contributed by atoms with van der Waals surface area (Å²) in [7, 11) is 0. The smallest absolute Gasteiger partial charge is 0.122 e. The summed E-state index contributed by atoms with van der Waals surface area (Å²) in [6.45, 7) is 3.82. The van der Waals surface area contributed by atoms with Gasteiger partial charge in [-0.25, -0.2) is 0 Å². The molecule has 27 heavy (non-hydrogen) atoms. The number of rotatable bonds is 17. The van der Waals surface area contributed by atoms with Crippen LogP contribution in [0.5, 0.6) is 5.75 Å². The molecule has 152 valence electrons. The van der Waals surface area contributed by atoms with E-state index in [2.05, 4.69) is 43.3 Å². The van der Waals surface area contributed by atoms with Crippen LogP contribution in [-0.4, -0.2) is 19.3 Å². The molecule has 0 N–H and O–H groups in total. The van der Waals surface area contributed by atoms with Crippen molar-refractivity contribution in [2.75, 3.05) is 13.2 Å². The molecular formula is C25H40O2. The lowest BCUT2D eigenvalue weighted by molar-refractivity contribution is 0.261. The van der Waals surface area contributed by atoms with Crippen LogP contribution < -0.4 is 4.74 Å². The van der Waals surface area contributed by atoms with Gasteiger partial charge in [0.05, 0.1) is 6.61 Å². The van der Waals surface area contributed by atoms with Crippen LogP contribution in [0, 0.1) is 0 Å². The lowest BCUT2D eigenvalue weighted by Crippen LogP contribution is -2.05. The van der Waals surface area contributed by atoms with Crippen LogP contribution in [-0.2, 0) is 11.2 Å². The zero-order valence-corrected chi connectivity index (χ0v) is 17.5. The number of allylic oxidation sites excluding steroid dienone is 2. The molecule has 0 aromatic heterocycles. The van der Waals surface area contributed by atoms with E-state index in [1.807, 2.05) is 0 Å². The van der Waals surface area contributed by atoms with E-state index in [1.165, 1.54) is 82.6 Å². The second-order valence-electron chi connectivity index (χ2n) is 7.85. The normalized spacial score (nSPS) is 16.1. The molecular weight excluding hydrogens is 332 g/mol. The van der Waals surface area contributed by atoms with Crippen LogP contribution in [0.15, 0.2) is 36.4 Å². The van der Waals surface area contributed by atoms with Crippen molar-refractivity contribution in [3.8, 4) is 5.75 Å². The van der Waals surface area contributed by atoms with Gasteiger partial charge in [0, 0.05) is 0 Å². The van der Waals surface area contributed by atoms with Gasteiger partial charge in [0.1, 0.15) is 18.5 Å². The van der Waals surface area contributed by atoms with Gasteiger partial charge < -0.3 is 9.47 Å². The highest BCUT2D eigenvalue weighted by Crippen LogP contribution is 2.22. The fourth-order valence-electron chi connectivity index (χ4n) is 3.39. The Morgan fingerprint density at radius 3 is 2.22 bits per heavy atom. The summed E-state index contributed by atoms with van der Waals surface area (Å²) in [6.07, 6.45) is 22.3. The van der Waals surface area contributed by atoms with E-state index in [0.717, 1.165) is 18.8 Å². The number of para-hydroxylation sites is 1. The fraction of sp³-hybridized carbons (Fsp3) is 0.680. The molecule has 2 nitrogen and oxygen atoms in total. The van der Waals surface area contributed by atoms with Crippen molar-refractivity contribution in [1.29, 1.82) is 0 Å². The maximum atomic E-state index is 5.90. The third-order valence-corrected chi connectivity index (χ3v) is 5.26. The summed E-state index contributed by atoms with van der Waals surface area (Å²) in [5, 5.41) is 0. The molecule has 2 heteroatoms. The molecule has 1 saturated heterocycles. The molecule has 0 spiro atoms. The summed E-state index contributed by atoms with van der Waals surface area (Å²) in [5.74, 6) is 1.05. The van der Waals surface area contributed by atoms with Gasteiger partial charge in [-0.3, -0.25) is 0 Å². The predicted octanol–water partition coefficient (Wildman–Crippen LogP) is 7.26. The first-order valence-electron chi connectivity index (χ1n) is 11.4. The Morgan fingerprint density at radius 1 is 0.889 bits per heavy atom. The van der Waals surface area contributed by atoms with Gasteiger partial charge in [0.15, 0.2) is 0 Å². The van der Waals surface area contributed by atoms with E-state index in [-0.39, 0.29) is 0 Å². The quantitative estimate of drug-likeness (QED) is 0.163. The molecule has 0 saturated carbocycles. The highest BCUT2D eigenvalue weighted by Gasteiger charge is 2.23. The molecule has 0 bridgehead atoms. The monoisotopic (exact) mass is 372 g/mol. The Bertz CT molecular complexity index is 505. The third kappa shape index (κ3) is 11.2. The zero-order chi connectivity index (χ0) is 19.0.